The zero-order chi connectivity index (χ0) is 24.2. The highest BCUT2D eigenvalue weighted by Gasteiger charge is 2.13. The van der Waals surface area contributed by atoms with Crippen molar-refractivity contribution in [2.24, 2.45) is 0 Å². The minimum absolute atomic E-state index is 0.118. The minimum atomic E-state index is -0.118. The lowest BCUT2D eigenvalue weighted by Crippen LogP contribution is -2.23. The number of halogens is 1. The molecule has 35 heavy (non-hydrogen) atoms. The summed E-state index contributed by atoms with van der Waals surface area (Å²) in [5, 5.41) is 1.22. The number of nitrogens with zero attached hydrogens (tertiary/aromatic N) is 2. The van der Waals surface area contributed by atoms with E-state index >= 15 is 0 Å². The van der Waals surface area contributed by atoms with Crippen molar-refractivity contribution in [2.45, 2.75) is 6.92 Å². The van der Waals surface area contributed by atoms with Gasteiger partial charge in [-0.2, -0.15) is 0 Å². The van der Waals surface area contributed by atoms with E-state index in [-0.39, 0.29) is 5.56 Å². The van der Waals surface area contributed by atoms with Crippen LogP contribution in [0.4, 0.5) is 0 Å². The second-order valence-corrected chi connectivity index (χ2v) is 8.57. The fourth-order valence-electron chi connectivity index (χ4n) is 3.93. The van der Waals surface area contributed by atoms with Gasteiger partial charge in [-0.15, -0.1) is 0 Å². The lowest BCUT2D eigenvalue weighted by molar-refractivity contribution is 0.934. The Hall–Kier alpha value is -4.39. The molecule has 1 heterocycles. The van der Waals surface area contributed by atoms with E-state index < -0.39 is 0 Å². The summed E-state index contributed by atoms with van der Waals surface area (Å²) in [6.07, 6.45) is 3.76. The molecule has 0 amide bonds. The van der Waals surface area contributed by atoms with Crippen LogP contribution in [0.15, 0.2) is 102 Å². The topological polar surface area (TPSA) is 34.9 Å². The van der Waals surface area contributed by atoms with Crippen LogP contribution in [0.2, 0.25) is 5.02 Å². The van der Waals surface area contributed by atoms with E-state index in [1.807, 2.05) is 110 Å². The number of para-hydroxylation sites is 1. The number of rotatable bonds is 3. The number of hydrogen-bond donors (Lipinski definition) is 0. The highest BCUT2D eigenvalue weighted by atomic mass is 35.5. The van der Waals surface area contributed by atoms with Gasteiger partial charge < -0.3 is 0 Å². The molecule has 0 atom stereocenters. The van der Waals surface area contributed by atoms with Crippen LogP contribution in [-0.4, -0.2) is 9.55 Å². The molecule has 0 unspecified atom stereocenters. The Labute approximate surface area is 209 Å². The van der Waals surface area contributed by atoms with Crippen molar-refractivity contribution in [1.82, 2.24) is 9.55 Å². The summed E-state index contributed by atoms with van der Waals surface area (Å²) in [4.78, 5) is 18.4. The van der Waals surface area contributed by atoms with Crippen molar-refractivity contribution in [3.63, 3.8) is 0 Å². The van der Waals surface area contributed by atoms with E-state index in [0.29, 0.717) is 21.7 Å². The molecule has 4 heteroatoms. The molecule has 0 bridgehead atoms. The molecule has 5 aromatic rings. The fraction of sp³-hybridized carbons (Fsp3) is 0.0323. The zero-order valence-electron chi connectivity index (χ0n) is 19.1. The summed E-state index contributed by atoms with van der Waals surface area (Å²) in [7, 11) is 0. The molecule has 4 aromatic carbocycles. The monoisotopic (exact) mass is 472 g/mol. The van der Waals surface area contributed by atoms with E-state index in [4.69, 9.17) is 16.6 Å². The molecule has 5 rings (SSSR count). The maximum absolute atomic E-state index is 13.6. The summed E-state index contributed by atoms with van der Waals surface area (Å²) < 4.78 is 1.66. The normalized spacial score (nSPS) is 10.9. The lowest BCUT2D eigenvalue weighted by Gasteiger charge is -2.14. The predicted molar refractivity (Wildman–Crippen MR) is 145 cm³/mol. The first kappa shape index (κ1) is 22.4. The van der Waals surface area contributed by atoms with E-state index in [0.717, 1.165) is 27.9 Å². The lowest BCUT2D eigenvalue weighted by atomic mass is 10.1. The molecular weight excluding hydrogens is 452 g/mol. The summed E-state index contributed by atoms with van der Waals surface area (Å²) >= 11 is 6.14. The van der Waals surface area contributed by atoms with Gasteiger partial charge in [0.15, 0.2) is 0 Å². The molecule has 0 aliphatic rings. The average Bonchev–Trinajstić information content (AvgIpc) is 2.88. The van der Waals surface area contributed by atoms with Gasteiger partial charge >= 0.3 is 0 Å². The molecule has 168 valence electrons. The Morgan fingerprint density at radius 3 is 2.37 bits per heavy atom. The first-order chi connectivity index (χ1) is 17.1. The smallest absolute Gasteiger partial charge is 0.266 e. The molecule has 0 saturated heterocycles. The molecule has 0 spiro atoms. The zero-order valence-corrected chi connectivity index (χ0v) is 19.8. The first-order valence-corrected chi connectivity index (χ1v) is 11.6. The SMILES string of the molecule is Cc1cc(C#Cc2ccccc2)ccc1-n1c(/C=C/c2cccc(Cl)c2)nc2ccccc2c1=O. The second-order valence-electron chi connectivity index (χ2n) is 8.13. The molecule has 1 aromatic heterocycles. The number of benzene rings is 4. The van der Waals surface area contributed by atoms with E-state index in [1.54, 1.807) is 10.6 Å². The number of hydrogen-bond acceptors (Lipinski definition) is 2. The second kappa shape index (κ2) is 9.85. The average molecular weight is 473 g/mol. The van der Waals surface area contributed by atoms with Gasteiger partial charge in [-0.05, 0) is 78.7 Å². The van der Waals surface area contributed by atoms with Crippen LogP contribution in [-0.2, 0) is 0 Å². The summed E-state index contributed by atoms with van der Waals surface area (Å²) in [6, 6.07) is 30.7. The van der Waals surface area contributed by atoms with E-state index in [1.165, 1.54) is 0 Å². The molecule has 0 N–H and O–H groups in total. The van der Waals surface area contributed by atoms with Crippen molar-refractivity contribution in [3.05, 3.63) is 141 Å². The number of aromatic nitrogens is 2. The third-order valence-corrected chi connectivity index (χ3v) is 5.87. The third-order valence-electron chi connectivity index (χ3n) is 5.64. The van der Waals surface area contributed by atoms with Crippen molar-refractivity contribution in [1.29, 1.82) is 0 Å². The van der Waals surface area contributed by atoms with E-state index in [9.17, 15) is 4.79 Å². The standard InChI is InChI=1S/C31H21ClN2O/c1-22-20-25(15-14-23-8-3-2-4-9-23)16-18-29(22)34-30(19-17-24-10-7-11-26(32)21-24)33-28-13-6-5-12-27(28)31(34)35/h2-13,16-21H,1H3/b19-17+. The largest absolute Gasteiger partial charge is 0.268 e. The maximum atomic E-state index is 13.6. The Kier molecular flexibility index (Phi) is 6.30. The van der Waals surface area contributed by atoms with Crippen LogP contribution < -0.4 is 5.56 Å². The van der Waals surface area contributed by atoms with Crippen molar-refractivity contribution in [2.75, 3.05) is 0 Å². The van der Waals surface area contributed by atoms with Gasteiger partial charge in [-0.3, -0.25) is 9.36 Å². The Morgan fingerprint density at radius 1 is 0.800 bits per heavy atom. The van der Waals surface area contributed by atoms with Gasteiger partial charge in [0.2, 0.25) is 0 Å². The van der Waals surface area contributed by atoms with E-state index in [2.05, 4.69) is 11.8 Å². The van der Waals surface area contributed by atoms with Gasteiger partial charge in [-0.1, -0.05) is 72.0 Å². The van der Waals surface area contributed by atoms with Gasteiger partial charge in [-0.25, -0.2) is 4.98 Å². The quantitative estimate of drug-likeness (QED) is 0.267. The summed E-state index contributed by atoms with van der Waals surface area (Å²) in [6.45, 7) is 1.98. The number of fused-ring (bicyclic) bond motifs is 1. The minimum Gasteiger partial charge on any atom is -0.268 e. The van der Waals surface area contributed by atoms with Gasteiger partial charge in [0.1, 0.15) is 5.82 Å². The van der Waals surface area contributed by atoms with Crippen LogP contribution in [0.1, 0.15) is 28.1 Å². The van der Waals surface area contributed by atoms with Gasteiger partial charge in [0, 0.05) is 16.1 Å². The fourth-order valence-corrected chi connectivity index (χ4v) is 4.12. The summed E-state index contributed by atoms with van der Waals surface area (Å²) in [5.41, 5.74) is 5.00. The molecule has 3 nitrogen and oxygen atoms in total. The van der Waals surface area contributed by atoms with Crippen LogP contribution in [0, 0.1) is 18.8 Å². The number of aryl methyl sites for hydroxylation is 1. The first-order valence-electron chi connectivity index (χ1n) is 11.2. The highest BCUT2D eigenvalue weighted by Crippen LogP contribution is 2.20. The van der Waals surface area contributed by atoms with Crippen LogP contribution in [0.5, 0.6) is 0 Å². The Bertz CT molecular complexity index is 1690. The molecule has 0 fully saturated rings. The van der Waals surface area contributed by atoms with Crippen LogP contribution in [0.3, 0.4) is 0 Å². The molecule has 0 radical (unpaired) electrons. The van der Waals surface area contributed by atoms with Gasteiger partial charge in [0.05, 0.1) is 16.6 Å². The van der Waals surface area contributed by atoms with Crippen molar-refractivity contribution in [3.8, 4) is 17.5 Å². The van der Waals surface area contributed by atoms with Crippen LogP contribution >= 0.6 is 11.6 Å². The third kappa shape index (κ3) is 4.94. The summed E-state index contributed by atoms with van der Waals surface area (Å²) in [5.74, 6) is 6.94. The molecule has 0 saturated carbocycles. The van der Waals surface area contributed by atoms with Crippen LogP contribution in [0.25, 0.3) is 28.7 Å². The molecule has 0 aliphatic carbocycles. The highest BCUT2D eigenvalue weighted by molar-refractivity contribution is 6.30. The molecule has 0 aliphatic heterocycles. The van der Waals surface area contributed by atoms with Crippen molar-refractivity contribution < 1.29 is 0 Å². The maximum Gasteiger partial charge on any atom is 0.266 e. The Balaban J connectivity index is 1.62. The predicted octanol–water partition coefficient (Wildman–Crippen LogP) is 6.92. The van der Waals surface area contributed by atoms with Crippen molar-refractivity contribution >= 4 is 34.7 Å². The van der Waals surface area contributed by atoms with Gasteiger partial charge in [0.25, 0.3) is 5.56 Å². The Morgan fingerprint density at radius 2 is 1.57 bits per heavy atom. The molecular formula is C31H21ClN2O.